The van der Waals surface area contributed by atoms with Gasteiger partial charge in [0.25, 0.3) is 0 Å². The minimum Gasteiger partial charge on any atom is -0.456 e. The highest BCUT2D eigenvalue weighted by Gasteiger charge is 2.51. The molecule has 1 aliphatic rings. The summed E-state index contributed by atoms with van der Waals surface area (Å²) in [6.45, 7) is 7.11. The van der Waals surface area contributed by atoms with Crippen LogP contribution in [0.4, 0.5) is 0 Å². The topological polar surface area (TPSA) is 120 Å². The Morgan fingerprint density at radius 1 is 1.04 bits per heavy atom. The van der Waals surface area contributed by atoms with E-state index < -0.39 is 55.1 Å². The lowest BCUT2D eigenvalue weighted by atomic mass is 9.96. The van der Waals surface area contributed by atoms with Gasteiger partial charge < -0.3 is 29.4 Å². The van der Waals surface area contributed by atoms with Crippen molar-refractivity contribution in [3.63, 3.8) is 0 Å². The van der Waals surface area contributed by atoms with E-state index in [-0.39, 0.29) is 6.10 Å². The Balaban J connectivity index is 3.23. The van der Waals surface area contributed by atoms with Gasteiger partial charge in [0.15, 0.2) is 18.5 Å². The van der Waals surface area contributed by atoms with Crippen LogP contribution in [-0.4, -0.2) is 66.3 Å². The predicted octanol–water partition coefficient (Wildman–Crippen LogP) is 0.277. The molecule has 0 radical (unpaired) electrons. The number of nitrogens with one attached hydrogen (secondary N) is 1. The van der Waals surface area contributed by atoms with Crippen molar-refractivity contribution >= 4 is 17.8 Å². The van der Waals surface area contributed by atoms with Crippen LogP contribution in [0.15, 0.2) is 0 Å². The molecule has 150 valence electrons. The van der Waals surface area contributed by atoms with Crippen LogP contribution in [0.1, 0.15) is 47.5 Å². The molecule has 1 aliphatic heterocycles. The maximum Gasteiger partial charge on any atom is 0.303 e. The quantitative estimate of drug-likeness (QED) is 0.580. The van der Waals surface area contributed by atoms with E-state index in [1.807, 2.05) is 13.8 Å². The molecule has 1 rings (SSSR count). The Morgan fingerprint density at radius 2 is 1.58 bits per heavy atom. The fourth-order valence-electron chi connectivity index (χ4n) is 2.89. The number of carbonyl (C=O) groups is 3. The molecule has 26 heavy (non-hydrogen) atoms. The number of carbonyl (C=O) groups excluding carboxylic acids is 3. The lowest BCUT2D eigenvalue weighted by Crippen LogP contribution is -2.66. The third kappa shape index (κ3) is 6.22. The molecule has 9 nitrogen and oxygen atoms in total. The van der Waals surface area contributed by atoms with Gasteiger partial charge in [-0.25, -0.2) is 0 Å². The van der Waals surface area contributed by atoms with E-state index in [1.165, 1.54) is 20.8 Å². The summed E-state index contributed by atoms with van der Waals surface area (Å²) in [4.78, 5) is 34.7. The molecule has 0 spiro atoms. The minimum absolute atomic E-state index is 0.154. The van der Waals surface area contributed by atoms with Gasteiger partial charge in [-0.2, -0.15) is 0 Å². The van der Waals surface area contributed by atoms with Gasteiger partial charge in [-0.1, -0.05) is 13.8 Å². The molecular formula is C17H29NO8. The van der Waals surface area contributed by atoms with E-state index >= 15 is 0 Å². The van der Waals surface area contributed by atoms with Crippen LogP contribution in [0, 0.1) is 0 Å². The number of rotatable bonds is 8. The smallest absolute Gasteiger partial charge is 0.303 e. The number of hydrogen-bond donors (Lipinski definition) is 2. The largest absolute Gasteiger partial charge is 0.456 e. The molecule has 0 aromatic carbocycles. The third-order valence-electron chi connectivity index (χ3n) is 4.04. The van der Waals surface area contributed by atoms with Gasteiger partial charge in [-0.05, 0) is 12.8 Å². The van der Waals surface area contributed by atoms with Crippen LogP contribution >= 0.6 is 0 Å². The van der Waals surface area contributed by atoms with Gasteiger partial charge in [0.05, 0.1) is 12.7 Å². The zero-order valence-electron chi connectivity index (χ0n) is 15.9. The molecule has 0 unspecified atom stereocenters. The van der Waals surface area contributed by atoms with Gasteiger partial charge in [0, 0.05) is 20.8 Å². The molecule has 9 heteroatoms. The zero-order chi connectivity index (χ0) is 19.9. The van der Waals surface area contributed by atoms with Crippen LogP contribution in [0.5, 0.6) is 0 Å². The first-order valence-corrected chi connectivity index (χ1v) is 8.76. The molecule has 1 fully saturated rings. The van der Waals surface area contributed by atoms with Crippen molar-refractivity contribution < 1.29 is 38.4 Å². The van der Waals surface area contributed by atoms with Crippen molar-refractivity contribution in [2.75, 3.05) is 6.61 Å². The molecular weight excluding hydrogens is 346 g/mol. The van der Waals surface area contributed by atoms with Crippen molar-refractivity contribution in [1.29, 1.82) is 0 Å². The average molecular weight is 375 g/mol. The molecule has 0 aromatic rings. The van der Waals surface area contributed by atoms with Gasteiger partial charge >= 0.3 is 11.9 Å². The number of aliphatic hydroxyl groups is 1. The van der Waals surface area contributed by atoms with E-state index in [4.69, 9.17) is 18.9 Å². The molecule has 5 atom stereocenters. The summed E-state index contributed by atoms with van der Waals surface area (Å²) >= 11 is 0. The SMILES string of the molecule is CCC(CC)O[C@@H]1O[C@H](CO)[C@@H](OC(C)=O)[C@H](OC(C)=O)[C@H]1NC(C)=O. The standard InChI is InChI=1S/C17H29NO8/c1-6-12(7-2)25-17-14(18-9(3)20)16(24-11(5)22)15(23-10(4)21)13(8-19)26-17/h12-17,19H,6-8H2,1-5H3,(H,18,20)/t13-,14-,15-,16-,17-/m1/s1. The van der Waals surface area contributed by atoms with Crippen molar-refractivity contribution in [1.82, 2.24) is 5.32 Å². The van der Waals surface area contributed by atoms with E-state index in [0.717, 1.165) is 0 Å². The number of hydrogen-bond acceptors (Lipinski definition) is 8. The lowest BCUT2D eigenvalue weighted by Gasteiger charge is -2.45. The van der Waals surface area contributed by atoms with Crippen molar-refractivity contribution in [3.05, 3.63) is 0 Å². The molecule has 1 amide bonds. The number of amides is 1. The number of esters is 2. The van der Waals surface area contributed by atoms with Crippen molar-refractivity contribution in [2.24, 2.45) is 0 Å². The predicted molar refractivity (Wildman–Crippen MR) is 89.9 cm³/mol. The first-order chi connectivity index (χ1) is 12.2. The second-order valence-electron chi connectivity index (χ2n) is 6.17. The second-order valence-corrected chi connectivity index (χ2v) is 6.17. The van der Waals surface area contributed by atoms with Gasteiger partial charge in [-0.3, -0.25) is 14.4 Å². The second kappa shape index (κ2) is 10.4. The highest BCUT2D eigenvalue weighted by atomic mass is 16.7. The van der Waals surface area contributed by atoms with Crippen molar-refractivity contribution in [2.45, 2.75) is 84.2 Å². The average Bonchev–Trinajstić information content (AvgIpc) is 2.55. The summed E-state index contributed by atoms with van der Waals surface area (Å²) < 4.78 is 22.2. The molecule has 0 bridgehead atoms. The first kappa shape index (κ1) is 22.3. The third-order valence-corrected chi connectivity index (χ3v) is 4.04. The first-order valence-electron chi connectivity index (χ1n) is 8.76. The van der Waals surface area contributed by atoms with Crippen molar-refractivity contribution in [3.8, 4) is 0 Å². The van der Waals surface area contributed by atoms with E-state index in [9.17, 15) is 19.5 Å². The summed E-state index contributed by atoms with van der Waals surface area (Å²) in [5, 5.41) is 12.3. The monoisotopic (exact) mass is 375 g/mol. The maximum absolute atomic E-state index is 11.7. The Labute approximate surface area is 153 Å². The highest BCUT2D eigenvalue weighted by molar-refractivity contribution is 5.73. The molecule has 1 saturated heterocycles. The fraction of sp³-hybridized carbons (Fsp3) is 0.824. The normalized spacial score (nSPS) is 28.5. The van der Waals surface area contributed by atoms with Gasteiger partial charge in [0.2, 0.25) is 5.91 Å². The van der Waals surface area contributed by atoms with Crippen LogP contribution < -0.4 is 5.32 Å². The van der Waals surface area contributed by atoms with E-state index in [2.05, 4.69) is 5.32 Å². The van der Waals surface area contributed by atoms with E-state index in [0.29, 0.717) is 12.8 Å². The van der Waals surface area contributed by atoms with E-state index in [1.54, 1.807) is 0 Å². The summed E-state index contributed by atoms with van der Waals surface area (Å²) in [6.07, 6.45) is -2.83. The molecule has 2 N–H and O–H groups in total. The molecule has 0 aliphatic carbocycles. The Bertz CT molecular complexity index is 493. The number of ether oxygens (including phenoxy) is 4. The van der Waals surface area contributed by atoms with Crippen LogP contribution in [-0.2, 0) is 33.3 Å². The van der Waals surface area contributed by atoms with Crippen LogP contribution in [0.3, 0.4) is 0 Å². The summed E-state index contributed by atoms with van der Waals surface area (Å²) in [5.41, 5.74) is 0. The Kier molecular flexibility index (Phi) is 8.97. The van der Waals surface area contributed by atoms with Gasteiger partial charge in [0.1, 0.15) is 12.1 Å². The van der Waals surface area contributed by atoms with Gasteiger partial charge in [-0.15, -0.1) is 0 Å². The highest BCUT2D eigenvalue weighted by Crippen LogP contribution is 2.28. The molecule has 0 aromatic heterocycles. The lowest BCUT2D eigenvalue weighted by molar-refractivity contribution is -0.287. The molecule has 1 heterocycles. The molecule has 0 saturated carbocycles. The van der Waals surface area contributed by atoms with Crippen LogP contribution in [0.25, 0.3) is 0 Å². The van der Waals surface area contributed by atoms with Crippen LogP contribution in [0.2, 0.25) is 0 Å². The maximum atomic E-state index is 11.7. The number of aliphatic hydroxyl groups excluding tert-OH is 1. The summed E-state index contributed by atoms with van der Waals surface area (Å²) in [6, 6.07) is -0.899. The minimum atomic E-state index is -1.08. The Hall–Kier alpha value is -1.71. The zero-order valence-corrected chi connectivity index (χ0v) is 15.9. The summed E-state index contributed by atoms with van der Waals surface area (Å²) in [7, 11) is 0. The summed E-state index contributed by atoms with van der Waals surface area (Å²) in [5.74, 6) is -1.64. The fourth-order valence-corrected chi connectivity index (χ4v) is 2.89. The Morgan fingerprint density at radius 3 is 2.00 bits per heavy atom.